The quantitative estimate of drug-likeness (QED) is 0.744. The number of hydrogen-bond acceptors (Lipinski definition) is 4. The first-order valence-electron chi connectivity index (χ1n) is 10.5. The van der Waals surface area contributed by atoms with E-state index in [1.54, 1.807) is 6.92 Å². The lowest BCUT2D eigenvalue weighted by atomic mass is 10.0. The van der Waals surface area contributed by atoms with E-state index in [2.05, 4.69) is 20.8 Å². The van der Waals surface area contributed by atoms with Crippen molar-refractivity contribution in [2.24, 2.45) is 0 Å². The fourth-order valence-corrected chi connectivity index (χ4v) is 4.71. The van der Waals surface area contributed by atoms with Gasteiger partial charge in [-0.05, 0) is 38.1 Å². The number of nitrogens with zero attached hydrogens (tertiary/aromatic N) is 4. The summed E-state index contributed by atoms with van der Waals surface area (Å²) in [6.07, 6.45) is 4.06. The van der Waals surface area contributed by atoms with Gasteiger partial charge in [-0.1, -0.05) is 34.5 Å². The average molecular weight is 461 g/mol. The molecule has 2 aliphatic heterocycles. The number of piperidine rings is 1. The first kappa shape index (κ1) is 20.6. The Morgan fingerprint density at radius 2 is 1.86 bits per heavy atom. The van der Waals surface area contributed by atoms with Crippen LogP contribution in [-0.2, 0) is 24.3 Å². The number of rotatable bonds is 5. The lowest BCUT2D eigenvalue weighted by molar-refractivity contribution is -0.129. The summed E-state index contributed by atoms with van der Waals surface area (Å²) in [5, 5.41) is 15.6. The van der Waals surface area contributed by atoms with Gasteiger partial charge in [0.25, 0.3) is 0 Å². The summed E-state index contributed by atoms with van der Waals surface area (Å²) >= 11 is 3.49. The second-order valence-electron chi connectivity index (χ2n) is 8.17. The molecule has 1 aromatic heterocycles. The Bertz CT molecular complexity index is 858. The zero-order valence-corrected chi connectivity index (χ0v) is 18.6. The molecule has 1 amide bonds. The second-order valence-corrected chi connectivity index (χ2v) is 9.08. The van der Waals surface area contributed by atoms with Gasteiger partial charge in [0.2, 0.25) is 5.91 Å². The number of carbonyl (C=O) groups excluding carboxylic acids is 1. The van der Waals surface area contributed by atoms with Crippen LogP contribution in [-0.4, -0.2) is 62.9 Å². The Balaban J connectivity index is 1.59. The van der Waals surface area contributed by atoms with E-state index in [-0.39, 0.29) is 5.91 Å². The molecule has 1 aromatic carbocycles. The van der Waals surface area contributed by atoms with Crippen molar-refractivity contribution in [3.05, 3.63) is 40.0 Å². The highest BCUT2D eigenvalue weighted by Crippen LogP contribution is 2.31. The van der Waals surface area contributed by atoms with Crippen LogP contribution in [0, 0.1) is 0 Å². The number of aliphatic hydroxyl groups is 1. The molecule has 2 aromatic rings. The predicted molar refractivity (Wildman–Crippen MR) is 116 cm³/mol. The van der Waals surface area contributed by atoms with Gasteiger partial charge in [-0.15, -0.1) is 0 Å². The minimum atomic E-state index is -0.444. The van der Waals surface area contributed by atoms with Crippen molar-refractivity contribution in [1.29, 1.82) is 0 Å². The van der Waals surface area contributed by atoms with Crippen molar-refractivity contribution in [3.8, 4) is 11.3 Å². The number of halogens is 1. The Labute approximate surface area is 180 Å². The summed E-state index contributed by atoms with van der Waals surface area (Å²) in [5.41, 5.74) is 4.22. The summed E-state index contributed by atoms with van der Waals surface area (Å²) in [5.74, 6) is 0.0929. The van der Waals surface area contributed by atoms with Gasteiger partial charge >= 0.3 is 0 Å². The van der Waals surface area contributed by atoms with E-state index in [1.165, 1.54) is 19.3 Å². The molecule has 0 radical (unpaired) electrons. The summed E-state index contributed by atoms with van der Waals surface area (Å²) in [7, 11) is 0. The van der Waals surface area contributed by atoms with Gasteiger partial charge in [-0.3, -0.25) is 9.48 Å². The summed E-state index contributed by atoms with van der Waals surface area (Å²) in [6.45, 7) is 6.25. The van der Waals surface area contributed by atoms with Crippen molar-refractivity contribution in [1.82, 2.24) is 19.6 Å². The molecule has 0 saturated carbocycles. The third-order valence-corrected chi connectivity index (χ3v) is 6.53. The summed E-state index contributed by atoms with van der Waals surface area (Å²) in [4.78, 5) is 16.2. The minimum Gasteiger partial charge on any atom is -0.390 e. The monoisotopic (exact) mass is 460 g/mol. The fourth-order valence-electron chi connectivity index (χ4n) is 4.45. The van der Waals surface area contributed by atoms with Crippen molar-refractivity contribution in [2.75, 3.05) is 26.2 Å². The van der Waals surface area contributed by atoms with Gasteiger partial charge in [0, 0.05) is 54.3 Å². The van der Waals surface area contributed by atoms with Crippen LogP contribution in [0.5, 0.6) is 0 Å². The van der Waals surface area contributed by atoms with Gasteiger partial charge in [0.1, 0.15) is 0 Å². The van der Waals surface area contributed by atoms with E-state index in [1.807, 2.05) is 33.8 Å². The van der Waals surface area contributed by atoms with Crippen LogP contribution in [0.1, 0.15) is 37.4 Å². The lowest BCUT2D eigenvalue weighted by Gasteiger charge is -2.29. The molecule has 156 valence electrons. The molecule has 0 bridgehead atoms. The van der Waals surface area contributed by atoms with E-state index in [0.29, 0.717) is 26.2 Å². The first-order chi connectivity index (χ1) is 14.0. The maximum Gasteiger partial charge on any atom is 0.219 e. The van der Waals surface area contributed by atoms with Crippen LogP contribution < -0.4 is 0 Å². The topological polar surface area (TPSA) is 61.6 Å². The highest BCUT2D eigenvalue weighted by atomic mass is 79.9. The second kappa shape index (κ2) is 8.98. The number of amides is 1. The standard InChI is InChI=1S/C22H29BrN4O2/c1-16(28)26-12-9-21-20(15-26)22(17-5-7-18(23)8-6-17)24-27(21)14-19(29)13-25-10-3-2-4-11-25/h5-8,19,29H,2-4,9-15H2,1H3. The lowest BCUT2D eigenvalue weighted by Crippen LogP contribution is -2.39. The average Bonchev–Trinajstić information content (AvgIpc) is 3.07. The number of fused-ring (bicyclic) bond motifs is 1. The minimum absolute atomic E-state index is 0.0929. The number of carbonyl (C=O) groups is 1. The zero-order valence-electron chi connectivity index (χ0n) is 17.0. The van der Waals surface area contributed by atoms with Gasteiger partial charge in [-0.2, -0.15) is 5.10 Å². The van der Waals surface area contributed by atoms with Gasteiger partial charge in [0.05, 0.1) is 18.3 Å². The number of aromatic nitrogens is 2. The van der Waals surface area contributed by atoms with Crippen molar-refractivity contribution >= 4 is 21.8 Å². The Kier molecular flexibility index (Phi) is 6.37. The van der Waals surface area contributed by atoms with Crippen LogP contribution in [0.4, 0.5) is 0 Å². The third kappa shape index (κ3) is 4.73. The van der Waals surface area contributed by atoms with Crippen LogP contribution in [0.25, 0.3) is 11.3 Å². The molecular weight excluding hydrogens is 432 g/mol. The van der Waals surface area contributed by atoms with E-state index in [9.17, 15) is 9.90 Å². The molecular formula is C22H29BrN4O2. The normalized spacial score (nSPS) is 18.5. The van der Waals surface area contributed by atoms with Gasteiger partial charge in [-0.25, -0.2) is 0 Å². The van der Waals surface area contributed by atoms with Crippen molar-refractivity contribution in [3.63, 3.8) is 0 Å². The molecule has 2 aliphatic rings. The largest absolute Gasteiger partial charge is 0.390 e. The van der Waals surface area contributed by atoms with Gasteiger partial charge in [0.15, 0.2) is 0 Å². The maximum absolute atomic E-state index is 12.0. The summed E-state index contributed by atoms with van der Waals surface area (Å²) in [6, 6.07) is 8.12. The van der Waals surface area contributed by atoms with E-state index < -0.39 is 6.10 Å². The summed E-state index contributed by atoms with van der Waals surface area (Å²) < 4.78 is 3.01. The Morgan fingerprint density at radius 1 is 1.14 bits per heavy atom. The van der Waals surface area contributed by atoms with Gasteiger partial charge < -0.3 is 14.9 Å². The SMILES string of the molecule is CC(=O)N1CCc2c(c(-c3ccc(Br)cc3)nn2CC(O)CN2CCCCC2)C1. The van der Waals surface area contributed by atoms with Crippen molar-refractivity contribution < 1.29 is 9.90 Å². The molecule has 3 heterocycles. The molecule has 7 heteroatoms. The Hall–Kier alpha value is -1.70. The number of likely N-dealkylation sites (tertiary alicyclic amines) is 1. The molecule has 1 N–H and O–H groups in total. The van der Waals surface area contributed by atoms with Crippen LogP contribution >= 0.6 is 15.9 Å². The maximum atomic E-state index is 12.0. The molecule has 29 heavy (non-hydrogen) atoms. The Morgan fingerprint density at radius 3 is 2.55 bits per heavy atom. The molecule has 0 spiro atoms. The van der Waals surface area contributed by atoms with Crippen LogP contribution in [0.2, 0.25) is 0 Å². The number of β-amino-alcohol motifs (C(OH)–C–C–N with tert-alkyl or cyclic N) is 1. The first-order valence-corrected chi connectivity index (χ1v) is 11.3. The van der Waals surface area contributed by atoms with Crippen LogP contribution in [0.15, 0.2) is 28.7 Å². The van der Waals surface area contributed by atoms with Crippen LogP contribution in [0.3, 0.4) is 0 Å². The fraction of sp³-hybridized carbons (Fsp3) is 0.545. The number of aliphatic hydroxyl groups excluding tert-OH is 1. The van der Waals surface area contributed by atoms with E-state index in [0.717, 1.165) is 46.5 Å². The molecule has 1 unspecified atom stereocenters. The number of hydrogen-bond donors (Lipinski definition) is 1. The molecule has 1 atom stereocenters. The molecule has 6 nitrogen and oxygen atoms in total. The van der Waals surface area contributed by atoms with E-state index in [4.69, 9.17) is 5.10 Å². The highest BCUT2D eigenvalue weighted by molar-refractivity contribution is 9.10. The zero-order chi connectivity index (χ0) is 20.4. The third-order valence-electron chi connectivity index (χ3n) is 6.00. The molecule has 0 aliphatic carbocycles. The molecule has 4 rings (SSSR count). The number of benzene rings is 1. The highest BCUT2D eigenvalue weighted by Gasteiger charge is 2.27. The molecule has 1 fully saturated rings. The molecule has 1 saturated heterocycles. The predicted octanol–water partition coefficient (Wildman–Crippen LogP) is 3.06. The smallest absolute Gasteiger partial charge is 0.219 e. The van der Waals surface area contributed by atoms with E-state index >= 15 is 0 Å². The van der Waals surface area contributed by atoms with Crippen molar-refractivity contribution in [2.45, 2.75) is 51.8 Å².